The van der Waals surface area contributed by atoms with Crippen molar-refractivity contribution in [2.45, 2.75) is 67.0 Å². The first-order valence-electron chi connectivity index (χ1n) is 11.4. The summed E-state index contributed by atoms with van der Waals surface area (Å²) in [5, 5.41) is 10.0. The first kappa shape index (κ1) is 27.8. The molecule has 2 amide bonds. The number of carbonyl (C=O) groups excluding carboxylic acids is 2. The third-order valence-electron chi connectivity index (χ3n) is 5.66. The highest BCUT2D eigenvalue weighted by molar-refractivity contribution is 7.13. The molecule has 1 saturated heterocycles. The maximum absolute atomic E-state index is 12.7. The second kappa shape index (κ2) is 14.0. The van der Waals surface area contributed by atoms with Crippen LogP contribution in [0.2, 0.25) is 0 Å². The standard InChI is InChI=1S/C22H29N3O2S.C2H6.CH4O/c1-14(2)15(3)22(27)25-11-5-6-19(25)21(26)23-12-17-7-9-18(10-8-17)20-16(4)24-13-28-20;2*1-2/h7-10,13-15,19H,5-6,11-12H2,1-4H3,(H,23,26);1-2H3;2H,1H3. The molecule has 1 aromatic carbocycles. The van der Waals surface area contributed by atoms with E-state index in [1.807, 2.05) is 59.2 Å². The van der Waals surface area contributed by atoms with E-state index in [-0.39, 0.29) is 29.7 Å². The number of benzene rings is 1. The van der Waals surface area contributed by atoms with Crippen LogP contribution in [0.25, 0.3) is 10.4 Å². The minimum Gasteiger partial charge on any atom is -0.400 e. The molecule has 6 nitrogen and oxygen atoms in total. The Morgan fingerprint density at radius 1 is 1.19 bits per heavy atom. The zero-order chi connectivity index (χ0) is 24.3. The van der Waals surface area contributed by atoms with Crippen LogP contribution in [0.15, 0.2) is 29.8 Å². The van der Waals surface area contributed by atoms with Crippen molar-refractivity contribution in [3.8, 4) is 10.4 Å². The van der Waals surface area contributed by atoms with Gasteiger partial charge in [-0.2, -0.15) is 0 Å². The molecule has 1 aromatic heterocycles. The summed E-state index contributed by atoms with van der Waals surface area (Å²) in [4.78, 5) is 32.6. The summed E-state index contributed by atoms with van der Waals surface area (Å²) < 4.78 is 0. The molecule has 0 bridgehead atoms. The van der Waals surface area contributed by atoms with Crippen LogP contribution in [0.4, 0.5) is 0 Å². The van der Waals surface area contributed by atoms with Gasteiger partial charge in [0, 0.05) is 26.1 Å². The second-order valence-corrected chi connectivity index (χ2v) is 8.76. The summed E-state index contributed by atoms with van der Waals surface area (Å²) in [5.41, 5.74) is 5.08. The van der Waals surface area contributed by atoms with E-state index in [0.29, 0.717) is 13.1 Å². The molecule has 1 aliphatic heterocycles. The van der Waals surface area contributed by atoms with E-state index < -0.39 is 0 Å². The Kier molecular flexibility index (Phi) is 12.2. The summed E-state index contributed by atoms with van der Waals surface area (Å²) in [6, 6.07) is 7.86. The van der Waals surface area contributed by atoms with Gasteiger partial charge in [-0.1, -0.05) is 58.9 Å². The van der Waals surface area contributed by atoms with Crippen molar-refractivity contribution >= 4 is 23.2 Å². The number of nitrogens with zero attached hydrogens (tertiary/aromatic N) is 2. The fourth-order valence-corrected chi connectivity index (χ4v) is 4.32. The average molecular weight is 462 g/mol. The maximum atomic E-state index is 12.7. The van der Waals surface area contributed by atoms with Gasteiger partial charge in [0.15, 0.2) is 0 Å². The van der Waals surface area contributed by atoms with E-state index >= 15 is 0 Å². The monoisotopic (exact) mass is 461 g/mol. The van der Waals surface area contributed by atoms with Crippen LogP contribution in [-0.2, 0) is 16.1 Å². The first-order valence-corrected chi connectivity index (χ1v) is 12.3. The van der Waals surface area contributed by atoms with Crippen LogP contribution in [-0.4, -0.2) is 46.5 Å². The molecule has 0 spiro atoms. The molecule has 0 radical (unpaired) electrons. The Hall–Kier alpha value is -2.25. The van der Waals surface area contributed by atoms with Crippen molar-refractivity contribution in [2.24, 2.45) is 11.8 Å². The van der Waals surface area contributed by atoms with Crippen molar-refractivity contribution in [1.82, 2.24) is 15.2 Å². The van der Waals surface area contributed by atoms with Crippen molar-refractivity contribution in [3.05, 3.63) is 41.0 Å². The second-order valence-electron chi connectivity index (χ2n) is 7.90. The summed E-state index contributed by atoms with van der Waals surface area (Å²) in [6.07, 6.45) is 1.63. The van der Waals surface area contributed by atoms with Crippen LogP contribution < -0.4 is 5.32 Å². The molecule has 0 aliphatic carbocycles. The van der Waals surface area contributed by atoms with Gasteiger partial charge < -0.3 is 15.3 Å². The Balaban J connectivity index is 0.00000121. The van der Waals surface area contributed by atoms with Gasteiger partial charge in [0.25, 0.3) is 0 Å². The van der Waals surface area contributed by atoms with E-state index in [4.69, 9.17) is 5.11 Å². The molecular formula is C25H39N3O3S. The number of amides is 2. The molecule has 1 aliphatic rings. The highest BCUT2D eigenvalue weighted by Crippen LogP contribution is 2.27. The molecule has 3 rings (SSSR count). The van der Waals surface area contributed by atoms with Crippen molar-refractivity contribution in [2.75, 3.05) is 13.7 Å². The zero-order valence-electron chi connectivity index (χ0n) is 20.5. The highest BCUT2D eigenvalue weighted by atomic mass is 32.1. The number of aliphatic hydroxyl groups is 1. The number of hydrogen-bond donors (Lipinski definition) is 2. The molecule has 2 atom stereocenters. The van der Waals surface area contributed by atoms with Gasteiger partial charge in [-0.3, -0.25) is 9.59 Å². The van der Waals surface area contributed by atoms with Gasteiger partial charge in [-0.05, 0) is 36.8 Å². The number of likely N-dealkylation sites (tertiary alicyclic amines) is 1. The molecule has 178 valence electrons. The Morgan fingerprint density at radius 2 is 1.81 bits per heavy atom. The minimum atomic E-state index is -0.340. The topological polar surface area (TPSA) is 82.5 Å². The predicted octanol–water partition coefficient (Wildman–Crippen LogP) is 4.65. The van der Waals surface area contributed by atoms with Crippen molar-refractivity contribution in [1.29, 1.82) is 0 Å². The van der Waals surface area contributed by atoms with Crippen LogP contribution in [0, 0.1) is 18.8 Å². The van der Waals surface area contributed by atoms with Gasteiger partial charge in [0.2, 0.25) is 11.8 Å². The molecule has 2 unspecified atom stereocenters. The summed E-state index contributed by atoms with van der Waals surface area (Å²) in [5.74, 6) is 0.259. The number of carbonyl (C=O) groups is 2. The third-order valence-corrected chi connectivity index (χ3v) is 6.63. The Morgan fingerprint density at radius 3 is 2.34 bits per heavy atom. The number of aromatic nitrogens is 1. The fourth-order valence-electron chi connectivity index (χ4n) is 3.51. The van der Waals surface area contributed by atoms with E-state index in [1.54, 1.807) is 16.2 Å². The summed E-state index contributed by atoms with van der Waals surface area (Å²) >= 11 is 1.63. The zero-order valence-corrected chi connectivity index (χ0v) is 21.3. The molecule has 0 saturated carbocycles. The maximum Gasteiger partial charge on any atom is 0.243 e. The van der Waals surface area contributed by atoms with Crippen molar-refractivity contribution in [3.63, 3.8) is 0 Å². The number of thiazole rings is 1. The Labute approximate surface area is 197 Å². The lowest BCUT2D eigenvalue weighted by Gasteiger charge is -2.28. The van der Waals surface area contributed by atoms with Crippen LogP contribution in [0.5, 0.6) is 0 Å². The van der Waals surface area contributed by atoms with Gasteiger partial charge in [-0.25, -0.2) is 4.98 Å². The fraction of sp³-hybridized carbons (Fsp3) is 0.560. The number of rotatable bonds is 6. The normalized spacial score (nSPS) is 15.9. The number of nitrogens with one attached hydrogen (secondary N) is 1. The lowest BCUT2D eigenvalue weighted by atomic mass is 9.96. The average Bonchev–Trinajstić information content (AvgIpc) is 3.48. The van der Waals surface area contributed by atoms with Crippen LogP contribution >= 0.6 is 11.3 Å². The first-order chi connectivity index (χ1) is 15.4. The van der Waals surface area contributed by atoms with Gasteiger partial charge in [0.05, 0.1) is 16.1 Å². The summed E-state index contributed by atoms with van der Waals surface area (Å²) in [7, 11) is 1.00. The minimum absolute atomic E-state index is 0.0517. The molecule has 2 heterocycles. The van der Waals surface area contributed by atoms with E-state index in [2.05, 4.69) is 22.4 Å². The lowest BCUT2D eigenvalue weighted by molar-refractivity contribution is -0.142. The SMILES string of the molecule is CC.CO.Cc1ncsc1-c1ccc(CNC(=O)C2CCCN2C(=O)C(C)C(C)C)cc1. The van der Waals surface area contributed by atoms with Crippen molar-refractivity contribution < 1.29 is 14.7 Å². The number of hydrogen-bond acceptors (Lipinski definition) is 5. The molecule has 1 fully saturated rings. The highest BCUT2D eigenvalue weighted by Gasteiger charge is 2.36. The number of aryl methyl sites for hydroxylation is 1. The smallest absolute Gasteiger partial charge is 0.243 e. The molecular weight excluding hydrogens is 422 g/mol. The third kappa shape index (κ3) is 7.14. The van der Waals surface area contributed by atoms with Crippen LogP contribution in [0.3, 0.4) is 0 Å². The lowest BCUT2D eigenvalue weighted by Crippen LogP contribution is -2.48. The van der Waals surface area contributed by atoms with Crippen LogP contribution in [0.1, 0.15) is 58.7 Å². The van der Waals surface area contributed by atoms with E-state index in [1.165, 1.54) is 4.88 Å². The molecule has 2 N–H and O–H groups in total. The summed E-state index contributed by atoms with van der Waals surface area (Å²) in [6.45, 7) is 13.2. The molecule has 2 aromatic rings. The van der Waals surface area contributed by atoms with Gasteiger partial charge in [-0.15, -0.1) is 11.3 Å². The van der Waals surface area contributed by atoms with E-state index in [0.717, 1.165) is 36.8 Å². The van der Waals surface area contributed by atoms with Gasteiger partial charge in [0.1, 0.15) is 6.04 Å². The van der Waals surface area contributed by atoms with E-state index in [9.17, 15) is 9.59 Å². The largest absolute Gasteiger partial charge is 0.400 e. The predicted molar refractivity (Wildman–Crippen MR) is 132 cm³/mol. The molecule has 7 heteroatoms. The van der Waals surface area contributed by atoms with Gasteiger partial charge >= 0.3 is 0 Å². The quantitative estimate of drug-likeness (QED) is 0.656. The Bertz CT molecular complexity index is 833. The number of aliphatic hydroxyl groups excluding tert-OH is 1. The molecule has 32 heavy (non-hydrogen) atoms.